The summed E-state index contributed by atoms with van der Waals surface area (Å²) in [6.45, 7) is 0. The molecule has 1 aromatic heterocycles. The van der Waals surface area contributed by atoms with Crippen LogP contribution in [0.15, 0.2) is 24.4 Å². The van der Waals surface area contributed by atoms with Crippen molar-refractivity contribution in [2.45, 2.75) is 0 Å². The van der Waals surface area contributed by atoms with Gasteiger partial charge in [-0.1, -0.05) is 0 Å². The Morgan fingerprint density at radius 1 is 1.50 bits per heavy atom. The fraction of sp³-hybridized carbons (Fsp3) is 0.154. The van der Waals surface area contributed by atoms with Crippen molar-refractivity contribution < 1.29 is 14.5 Å². The van der Waals surface area contributed by atoms with Gasteiger partial charge in [-0.3, -0.25) is 14.9 Å². The van der Waals surface area contributed by atoms with E-state index in [0.29, 0.717) is 16.5 Å². The largest absolute Gasteiger partial charge is 0.490 e. The Labute approximate surface area is 114 Å². The number of nitrogens with two attached hydrogens (primary N) is 1. The van der Waals surface area contributed by atoms with E-state index in [4.69, 9.17) is 10.5 Å². The summed E-state index contributed by atoms with van der Waals surface area (Å²) in [6.07, 6.45) is 4.31. The highest BCUT2D eigenvalue weighted by Gasteiger charge is 2.23. The first-order valence-corrected chi connectivity index (χ1v) is 5.73. The summed E-state index contributed by atoms with van der Waals surface area (Å²) in [5, 5.41) is 11.7. The fourth-order valence-electron chi connectivity index (χ4n) is 2.13. The quantitative estimate of drug-likeness (QED) is 0.520. The van der Waals surface area contributed by atoms with Crippen LogP contribution < -0.4 is 10.5 Å². The first kappa shape index (κ1) is 13.6. The highest BCUT2D eigenvalue weighted by Crippen LogP contribution is 2.38. The minimum atomic E-state index is -0.618. The number of carbonyl (C=O) groups excluding carboxylic acids is 1. The zero-order valence-electron chi connectivity index (χ0n) is 11.0. The van der Waals surface area contributed by atoms with Crippen LogP contribution in [0.2, 0.25) is 0 Å². The van der Waals surface area contributed by atoms with E-state index in [1.54, 1.807) is 29.9 Å². The molecule has 0 saturated heterocycles. The molecule has 20 heavy (non-hydrogen) atoms. The van der Waals surface area contributed by atoms with Gasteiger partial charge in [0.1, 0.15) is 0 Å². The van der Waals surface area contributed by atoms with E-state index in [1.807, 2.05) is 0 Å². The van der Waals surface area contributed by atoms with Gasteiger partial charge < -0.3 is 15.0 Å². The van der Waals surface area contributed by atoms with E-state index in [9.17, 15) is 14.9 Å². The van der Waals surface area contributed by atoms with Crippen LogP contribution in [0.1, 0.15) is 5.56 Å². The molecule has 1 heterocycles. The van der Waals surface area contributed by atoms with Crippen molar-refractivity contribution in [2.75, 3.05) is 7.11 Å². The standard InChI is InChI=1S/C13H13N3O4/c1-15-7-8(3-6-11(14)17)12-9(15)4-5-10(20-2)13(12)16(18)19/h3-7H,1-2H3,(H2,14,17)/b6-3-. The Morgan fingerprint density at radius 2 is 2.20 bits per heavy atom. The van der Waals surface area contributed by atoms with E-state index < -0.39 is 10.8 Å². The maximum absolute atomic E-state index is 11.3. The first-order valence-electron chi connectivity index (χ1n) is 5.73. The molecule has 1 amide bonds. The van der Waals surface area contributed by atoms with Gasteiger partial charge in [-0.2, -0.15) is 0 Å². The minimum Gasteiger partial charge on any atom is -0.490 e. The molecule has 2 N–H and O–H groups in total. The van der Waals surface area contributed by atoms with Crippen molar-refractivity contribution in [3.63, 3.8) is 0 Å². The van der Waals surface area contributed by atoms with Crippen LogP contribution in [0.3, 0.4) is 0 Å². The van der Waals surface area contributed by atoms with Gasteiger partial charge in [0.25, 0.3) is 0 Å². The summed E-state index contributed by atoms with van der Waals surface area (Å²) in [5.74, 6) is -0.449. The van der Waals surface area contributed by atoms with Gasteiger partial charge in [0.15, 0.2) is 5.75 Å². The molecular formula is C13H13N3O4. The minimum absolute atomic E-state index is 0.130. The summed E-state index contributed by atoms with van der Waals surface area (Å²) in [6, 6.07) is 3.27. The normalized spacial score (nSPS) is 11.1. The number of aryl methyl sites for hydroxylation is 1. The van der Waals surface area contributed by atoms with Crippen LogP contribution in [0, 0.1) is 10.1 Å². The molecule has 0 fully saturated rings. The lowest BCUT2D eigenvalue weighted by Gasteiger charge is -2.03. The van der Waals surface area contributed by atoms with Crippen molar-refractivity contribution in [2.24, 2.45) is 12.8 Å². The highest BCUT2D eigenvalue weighted by molar-refractivity contribution is 6.01. The SMILES string of the molecule is COc1ccc2c(c(/C=C\C(N)=O)cn2C)c1[N+](=O)[O-]. The Morgan fingerprint density at radius 3 is 2.75 bits per heavy atom. The number of benzene rings is 1. The molecule has 0 aliphatic heterocycles. The molecule has 1 aromatic carbocycles. The number of nitro groups is 1. The fourth-order valence-corrected chi connectivity index (χ4v) is 2.13. The Hall–Kier alpha value is -2.83. The smallest absolute Gasteiger partial charge is 0.320 e. The summed E-state index contributed by atoms with van der Waals surface area (Å²) in [5.41, 5.74) is 6.13. The van der Waals surface area contributed by atoms with Crippen molar-refractivity contribution in [3.05, 3.63) is 40.1 Å². The van der Waals surface area contributed by atoms with E-state index >= 15 is 0 Å². The van der Waals surface area contributed by atoms with Crippen molar-refractivity contribution in [1.82, 2.24) is 4.57 Å². The van der Waals surface area contributed by atoms with Crippen LogP contribution in [0.4, 0.5) is 5.69 Å². The number of rotatable bonds is 4. The number of hydrogen-bond donors (Lipinski definition) is 1. The third-order valence-corrected chi connectivity index (χ3v) is 2.95. The van der Waals surface area contributed by atoms with Crippen molar-refractivity contribution in [3.8, 4) is 5.75 Å². The predicted molar refractivity (Wildman–Crippen MR) is 74.4 cm³/mol. The molecular weight excluding hydrogens is 262 g/mol. The second kappa shape index (κ2) is 5.04. The zero-order chi connectivity index (χ0) is 14.9. The van der Waals surface area contributed by atoms with Gasteiger partial charge in [-0.05, 0) is 18.2 Å². The van der Waals surface area contributed by atoms with E-state index in [1.165, 1.54) is 13.2 Å². The molecule has 0 spiro atoms. The topological polar surface area (TPSA) is 100 Å². The summed E-state index contributed by atoms with van der Waals surface area (Å²) in [4.78, 5) is 21.6. The number of nitrogens with zero attached hydrogens (tertiary/aromatic N) is 2. The van der Waals surface area contributed by atoms with Gasteiger partial charge in [0.05, 0.1) is 22.9 Å². The monoisotopic (exact) mass is 275 g/mol. The van der Waals surface area contributed by atoms with Crippen LogP contribution in [0.5, 0.6) is 5.75 Å². The van der Waals surface area contributed by atoms with E-state index in [-0.39, 0.29) is 11.4 Å². The van der Waals surface area contributed by atoms with Crippen LogP contribution >= 0.6 is 0 Å². The lowest BCUT2D eigenvalue weighted by atomic mass is 10.1. The molecule has 0 radical (unpaired) electrons. The Bertz CT molecular complexity index is 731. The lowest BCUT2D eigenvalue weighted by Crippen LogP contribution is -2.05. The third kappa shape index (κ3) is 2.20. The van der Waals surface area contributed by atoms with Crippen LogP contribution in [-0.2, 0) is 11.8 Å². The average Bonchev–Trinajstić information content (AvgIpc) is 2.72. The molecule has 2 aromatic rings. The number of carbonyl (C=O) groups is 1. The molecule has 0 unspecified atom stereocenters. The molecule has 0 bridgehead atoms. The molecule has 7 heteroatoms. The predicted octanol–water partition coefficient (Wildman–Crippen LogP) is 1.59. The Balaban J connectivity index is 2.83. The summed E-state index contributed by atoms with van der Waals surface area (Å²) < 4.78 is 6.78. The molecule has 0 aliphatic rings. The lowest BCUT2D eigenvalue weighted by molar-refractivity contribution is -0.383. The van der Waals surface area contributed by atoms with Gasteiger partial charge in [0, 0.05) is 24.9 Å². The highest BCUT2D eigenvalue weighted by atomic mass is 16.6. The molecule has 2 rings (SSSR count). The molecule has 0 saturated carbocycles. The van der Waals surface area contributed by atoms with Gasteiger partial charge in [-0.25, -0.2) is 0 Å². The summed E-state index contributed by atoms with van der Waals surface area (Å²) >= 11 is 0. The van der Waals surface area contributed by atoms with Crippen LogP contribution in [0.25, 0.3) is 17.0 Å². The van der Waals surface area contributed by atoms with Gasteiger partial charge >= 0.3 is 5.69 Å². The number of aromatic nitrogens is 1. The second-order valence-corrected chi connectivity index (χ2v) is 4.20. The van der Waals surface area contributed by atoms with Crippen LogP contribution in [-0.4, -0.2) is 22.5 Å². The zero-order valence-corrected chi connectivity index (χ0v) is 11.0. The number of amides is 1. The number of nitro benzene ring substituents is 1. The molecule has 0 atom stereocenters. The number of methoxy groups -OCH3 is 1. The first-order chi connectivity index (χ1) is 9.45. The van der Waals surface area contributed by atoms with E-state index in [2.05, 4.69) is 0 Å². The summed E-state index contributed by atoms with van der Waals surface area (Å²) in [7, 11) is 3.14. The van der Waals surface area contributed by atoms with Crippen molar-refractivity contribution in [1.29, 1.82) is 0 Å². The number of hydrogen-bond acceptors (Lipinski definition) is 4. The number of ether oxygens (including phenoxy) is 1. The molecule has 104 valence electrons. The third-order valence-electron chi connectivity index (χ3n) is 2.95. The van der Waals surface area contributed by atoms with Gasteiger partial charge in [-0.15, -0.1) is 0 Å². The number of fused-ring (bicyclic) bond motifs is 1. The van der Waals surface area contributed by atoms with Gasteiger partial charge in [0.2, 0.25) is 5.91 Å². The maximum atomic E-state index is 11.3. The Kier molecular flexibility index (Phi) is 3.43. The molecule has 7 nitrogen and oxygen atoms in total. The maximum Gasteiger partial charge on any atom is 0.320 e. The van der Waals surface area contributed by atoms with E-state index in [0.717, 1.165) is 6.08 Å². The van der Waals surface area contributed by atoms with Crippen molar-refractivity contribution >= 4 is 28.6 Å². The number of primary amides is 1. The second-order valence-electron chi connectivity index (χ2n) is 4.20. The average molecular weight is 275 g/mol. The molecule has 0 aliphatic carbocycles.